The van der Waals surface area contributed by atoms with Crippen molar-refractivity contribution in [2.24, 2.45) is 5.92 Å². The van der Waals surface area contributed by atoms with Crippen molar-refractivity contribution in [2.45, 2.75) is 24.3 Å². The molecule has 0 radical (unpaired) electrons. The summed E-state index contributed by atoms with van der Waals surface area (Å²) in [6.45, 7) is 5.53. The van der Waals surface area contributed by atoms with E-state index in [1.807, 2.05) is 0 Å². The second kappa shape index (κ2) is 4.07. The summed E-state index contributed by atoms with van der Waals surface area (Å²) in [4.78, 5) is 0. The Labute approximate surface area is 104 Å². The van der Waals surface area contributed by atoms with Crippen molar-refractivity contribution in [2.75, 3.05) is 0 Å². The Hall–Kier alpha value is -0.930. The summed E-state index contributed by atoms with van der Waals surface area (Å²) < 4.78 is 25.1. The van der Waals surface area contributed by atoms with Crippen LogP contribution < -0.4 is 0 Å². The minimum Gasteiger partial charge on any atom is -0.374 e. The van der Waals surface area contributed by atoms with E-state index in [9.17, 15) is 13.9 Å². The van der Waals surface area contributed by atoms with E-state index < -0.39 is 11.5 Å². The number of aliphatic hydroxyl groups is 1. The summed E-state index contributed by atoms with van der Waals surface area (Å²) in [6.07, 6.45) is -2.51. The number of benzene rings is 1. The highest BCUT2D eigenvalue weighted by Gasteiger charge is 2.64. The Morgan fingerprint density at radius 3 is 2.65 bits per heavy atom. The predicted octanol–water partition coefficient (Wildman–Crippen LogP) is 3.84. The first-order chi connectivity index (χ1) is 7.85. The Kier molecular flexibility index (Phi) is 3.00. The van der Waals surface area contributed by atoms with Crippen molar-refractivity contribution >= 4 is 11.6 Å². The Morgan fingerprint density at radius 1 is 1.53 bits per heavy atom. The molecule has 1 aromatic carbocycles. The first-order valence-electron chi connectivity index (χ1n) is 5.30. The maximum atomic E-state index is 12.6. The number of hydrogen-bond acceptors (Lipinski definition) is 1. The van der Waals surface area contributed by atoms with Crippen LogP contribution in [0.1, 0.15) is 30.4 Å². The first kappa shape index (κ1) is 12.5. The van der Waals surface area contributed by atoms with Gasteiger partial charge in [0.2, 0.25) is 0 Å². The van der Waals surface area contributed by atoms with E-state index >= 15 is 0 Å². The fourth-order valence-corrected chi connectivity index (χ4v) is 2.79. The van der Waals surface area contributed by atoms with Crippen molar-refractivity contribution in [3.63, 3.8) is 0 Å². The molecule has 0 spiro atoms. The lowest BCUT2D eigenvalue weighted by Gasteiger charge is -2.04. The summed E-state index contributed by atoms with van der Waals surface area (Å²) in [7, 11) is 0. The van der Waals surface area contributed by atoms with Gasteiger partial charge in [-0.1, -0.05) is 42.0 Å². The van der Waals surface area contributed by atoms with E-state index in [0.29, 0.717) is 5.56 Å². The third-order valence-electron chi connectivity index (χ3n) is 3.15. The largest absolute Gasteiger partial charge is 0.374 e. The van der Waals surface area contributed by atoms with Crippen LogP contribution in [0, 0.1) is 5.92 Å². The van der Waals surface area contributed by atoms with E-state index in [0.717, 1.165) is 5.57 Å². The van der Waals surface area contributed by atoms with E-state index in [1.54, 1.807) is 19.1 Å². The van der Waals surface area contributed by atoms with Gasteiger partial charge in [-0.05, 0) is 18.6 Å². The van der Waals surface area contributed by atoms with Gasteiger partial charge in [0.1, 0.15) is 0 Å². The lowest BCUT2D eigenvalue weighted by Crippen LogP contribution is -2.01. The lowest BCUT2D eigenvalue weighted by molar-refractivity contribution is 0.151. The van der Waals surface area contributed by atoms with Crippen molar-refractivity contribution in [1.82, 2.24) is 0 Å². The Bertz CT molecular complexity index is 456. The molecule has 17 heavy (non-hydrogen) atoms. The van der Waals surface area contributed by atoms with Gasteiger partial charge in [0.15, 0.2) is 5.06 Å². The molecule has 3 atom stereocenters. The van der Waals surface area contributed by atoms with E-state index in [-0.39, 0.29) is 17.4 Å². The maximum Gasteiger partial charge on any atom is 0.263 e. The fraction of sp³-hybridized carbons (Fsp3) is 0.385. The van der Waals surface area contributed by atoms with E-state index in [4.69, 9.17) is 11.6 Å². The molecule has 0 aliphatic heterocycles. The molecule has 4 heteroatoms. The van der Waals surface area contributed by atoms with Crippen LogP contribution in [0.5, 0.6) is 0 Å². The second-order valence-corrected chi connectivity index (χ2v) is 5.11. The monoisotopic (exact) mass is 258 g/mol. The van der Waals surface area contributed by atoms with Crippen LogP contribution in [0.3, 0.4) is 0 Å². The average molecular weight is 259 g/mol. The third-order valence-corrected chi connectivity index (χ3v) is 3.62. The van der Waals surface area contributed by atoms with Crippen LogP contribution >= 0.6 is 11.6 Å². The van der Waals surface area contributed by atoms with Gasteiger partial charge in [-0.15, -0.1) is 0 Å². The standard InChI is InChI=1S/C13H13ClF2O/c1-7(2)10-11(13(10,14)17)8-4-3-5-9(6-8)12(15)16/h3-6,10-12,17H,1H2,2H3. The highest BCUT2D eigenvalue weighted by Crippen LogP contribution is 2.63. The van der Waals surface area contributed by atoms with Crippen LogP contribution in [0.25, 0.3) is 0 Å². The Morgan fingerprint density at radius 2 is 2.18 bits per heavy atom. The van der Waals surface area contributed by atoms with Crippen LogP contribution in [-0.4, -0.2) is 10.2 Å². The van der Waals surface area contributed by atoms with E-state index in [1.165, 1.54) is 12.1 Å². The maximum absolute atomic E-state index is 12.6. The number of halogens is 3. The minimum atomic E-state index is -2.51. The van der Waals surface area contributed by atoms with Gasteiger partial charge in [-0.25, -0.2) is 8.78 Å². The molecule has 0 aromatic heterocycles. The van der Waals surface area contributed by atoms with Gasteiger partial charge in [-0.2, -0.15) is 0 Å². The molecule has 3 unspecified atom stereocenters. The van der Waals surface area contributed by atoms with Gasteiger partial charge < -0.3 is 5.11 Å². The first-order valence-corrected chi connectivity index (χ1v) is 5.68. The number of hydrogen-bond donors (Lipinski definition) is 1. The normalized spacial score (nSPS) is 31.6. The van der Waals surface area contributed by atoms with Crippen LogP contribution in [0.15, 0.2) is 36.4 Å². The molecule has 1 aromatic rings. The molecule has 0 amide bonds. The quantitative estimate of drug-likeness (QED) is 0.645. The topological polar surface area (TPSA) is 20.2 Å². The molecule has 1 nitrogen and oxygen atoms in total. The summed E-state index contributed by atoms with van der Waals surface area (Å²) in [5.74, 6) is -0.613. The zero-order valence-corrected chi connectivity index (χ0v) is 10.1. The molecule has 0 heterocycles. The highest BCUT2D eigenvalue weighted by molar-refractivity contribution is 6.26. The smallest absolute Gasteiger partial charge is 0.263 e. The van der Waals surface area contributed by atoms with Crippen LogP contribution in [-0.2, 0) is 0 Å². The molecule has 2 rings (SSSR count). The lowest BCUT2D eigenvalue weighted by atomic mass is 10.0. The van der Waals surface area contributed by atoms with Crippen molar-refractivity contribution < 1.29 is 13.9 Å². The summed E-state index contributed by atoms with van der Waals surface area (Å²) in [5.41, 5.74) is 1.34. The molecule has 92 valence electrons. The van der Waals surface area contributed by atoms with Gasteiger partial charge in [-0.3, -0.25) is 0 Å². The second-order valence-electron chi connectivity index (χ2n) is 4.50. The van der Waals surface area contributed by atoms with Gasteiger partial charge in [0.05, 0.1) is 0 Å². The average Bonchev–Trinajstić information content (AvgIpc) is 2.82. The van der Waals surface area contributed by atoms with E-state index in [2.05, 4.69) is 6.58 Å². The molecular formula is C13H13ClF2O. The minimum absolute atomic E-state index is 0.0534. The molecule has 1 aliphatic rings. The molecular weight excluding hydrogens is 246 g/mol. The fourth-order valence-electron chi connectivity index (χ4n) is 2.29. The summed E-state index contributed by atoms with van der Waals surface area (Å²) >= 11 is 5.94. The number of alkyl halides is 3. The number of rotatable bonds is 3. The Balaban J connectivity index is 2.31. The highest BCUT2D eigenvalue weighted by atomic mass is 35.5. The van der Waals surface area contributed by atoms with Crippen molar-refractivity contribution in [3.8, 4) is 0 Å². The summed E-state index contributed by atoms with van der Waals surface area (Å²) in [6, 6.07) is 6.01. The van der Waals surface area contributed by atoms with Gasteiger partial charge in [0, 0.05) is 17.4 Å². The van der Waals surface area contributed by atoms with Crippen LogP contribution in [0.2, 0.25) is 0 Å². The molecule has 1 saturated carbocycles. The zero-order valence-electron chi connectivity index (χ0n) is 9.33. The zero-order chi connectivity index (χ0) is 12.8. The molecule has 1 fully saturated rings. The van der Waals surface area contributed by atoms with Crippen molar-refractivity contribution in [1.29, 1.82) is 0 Å². The van der Waals surface area contributed by atoms with Crippen LogP contribution in [0.4, 0.5) is 8.78 Å². The molecule has 0 bridgehead atoms. The predicted molar refractivity (Wildman–Crippen MR) is 63.2 cm³/mol. The van der Waals surface area contributed by atoms with Gasteiger partial charge >= 0.3 is 0 Å². The SMILES string of the molecule is C=C(C)C1C(c2cccc(C(F)F)c2)C1(O)Cl. The third kappa shape index (κ3) is 2.09. The summed E-state index contributed by atoms with van der Waals surface area (Å²) in [5, 5.41) is 8.54. The molecule has 0 saturated heterocycles. The van der Waals surface area contributed by atoms with Gasteiger partial charge in [0.25, 0.3) is 6.43 Å². The molecule has 1 aliphatic carbocycles. The van der Waals surface area contributed by atoms with Crippen molar-refractivity contribution in [3.05, 3.63) is 47.5 Å². The molecule has 1 N–H and O–H groups in total.